The maximum atomic E-state index is 14.3. The second-order valence-electron chi connectivity index (χ2n) is 12.6. The van der Waals surface area contributed by atoms with Crippen molar-refractivity contribution in [1.82, 2.24) is 20.7 Å². The van der Waals surface area contributed by atoms with Gasteiger partial charge in [0.15, 0.2) is 5.75 Å². The van der Waals surface area contributed by atoms with Gasteiger partial charge in [-0.1, -0.05) is 48.9 Å². The number of hydrogen-bond acceptors (Lipinski definition) is 12. The maximum absolute atomic E-state index is 14.3. The lowest BCUT2D eigenvalue weighted by Crippen LogP contribution is -2.43. The minimum atomic E-state index is -1.15. The van der Waals surface area contributed by atoms with Crippen molar-refractivity contribution in [3.05, 3.63) is 95.0 Å². The van der Waals surface area contributed by atoms with Crippen molar-refractivity contribution in [2.75, 3.05) is 39.4 Å². The van der Waals surface area contributed by atoms with Crippen LogP contribution < -0.4 is 20.1 Å². The minimum Gasteiger partial charge on any atom is -0.460 e. The van der Waals surface area contributed by atoms with Crippen molar-refractivity contribution < 1.29 is 47.7 Å². The smallest absolute Gasteiger partial charge is 0.412 e. The van der Waals surface area contributed by atoms with Gasteiger partial charge >= 0.3 is 24.1 Å². The number of esters is 2. The molecule has 2 heterocycles. The quantitative estimate of drug-likeness (QED) is 0.0783. The molecule has 4 aliphatic rings. The fraction of sp³-hybridized carbons (Fsp3) is 0.333. The Labute approximate surface area is 326 Å². The molecular formula is C39H40N4O10S2. The van der Waals surface area contributed by atoms with Crippen LogP contribution in [0.2, 0.25) is 0 Å². The summed E-state index contributed by atoms with van der Waals surface area (Å²) in [4.78, 5) is 78.6. The van der Waals surface area contributed by atoms with E-state index in [4.69, 9.17) is 18.9 Å². The third-order valence-electron chi connectivity index (χ3n) is 8.20. The monoisotopic (exact) mass is 788 g/mol. The topological polar surface area (TPSA) is 170 Å². The molecule has 2 unspecified atom stereocenters. The number of amides is 4. The molecule has 1 aromatic carbocycles. The van der Waals surface area contributed by atoms with E-state index in [-0.39, 0.29) is 62.0 Å². The molecule has 2 atom stereocenters. The van der Waals surface area contributed by atoms with Gasteiger partial charge in [0.2, 0.25) is 0 Å². The summed E-state index contributed by atoms with van der Waals surface area (Å²) >= 11 is 2.30. The molecule has 16 heteroatoms. The van der Waals surface area contributed by atoms with Gasteiger partial charge in [-0.05, 0) is 63.0 Å². The van der Waals surface area contributed by atoms with Crippen LogP contribution in [-0.4, -0.2) is 89.9 Å². The third kappa shape index (κ3) is 10.3. The lowest BCUT2D eigenvalue weighted by atomic mass is 10.0. The lowest BCUT2D eigenvalue weighted by Gasteiger charge is -2.29. The summed E-state index contributed by atoms with van der Waals surface area (Å²) in [6, 6.07) is 1.51. The zero-order valence-electron chi connectivity index (χ0n) is 30.6. The van der Waals surface area contributed by atoms with Crippen LogP contribution >= 0.6 is 23.5 Å². The highest BCUT2D eigenvalue weighted by atomic mass is 32.2. The summed E-state index contributed by atoms with van der Waals surface area (Å²) < 4.78 is 20.7. The van der Waals surface area contributed by atoms with Gasteiger partial charge in [-0.15, -0.1) is 23.5 Å². The van der Waals surface area contributed by atoms with Crippen molar-refractivity contribution in [3.63, 3.8) is 0 Å². The Morgan fingerprint density at radius 1 is 0.891 bits per heavy atom. The van der Waals surface area contributed by atoms with Gasteiger partial charge in [0.05, 0.1) is 40.6 Å². The molecule has 288 valence electrons. The van der Waals surface area contributed by atoms with Crippen LogP contribution in [0, 0.1) is 12.8 Å². The zero-order valence-corrected chi connectivity index (χ0v) is 32.2. The normalized spacial score (nSPS) is 18.0. The zero-order chi connectivity index (χ0) is 39.6. The molecule has 1 aromatic rings. The van der Waals surface area contributed by atoms with E-state index in [1.807, 2.05) is 18.2 Å². The number of nitrogens with one attached hydrogen (secondary N) is 2. The highest BCUT2D eigenvalue weighted by Gasteiger charge is 2.52. The Morgan fingerprint density at radius 2 is 1.51 bits per heavy atom. The Balaban J connectivity index is 1.39. The summed E-state index contributed by atoms with van der Waals surface area (Å²) in [7, 11) is 0. The summed E-state index contributed by atoms with van der Waals surface area (Å²) in [6.07, 6.45) is 11.1. The number of ether oxygens (including phenoxy) is 4. The largest absolute Gasteiger partial charge is 0.460 e. The van der Waals surface area contributed by atoms with Crippen molar-refractivity contribution in [3.8, 4) is 11.5 Å². The number of allylic oxidation sites excluding steroid dienone is 5. The van der Waals surface area contributed by atoms with Crippen molar-refractivity contribution >= 4 is 59.5 Å². The number of fused-ring (bicyclic) bond motifs is 1. The number of hydrogen-bond donors (Lipinski definition) is 2. The van der Waals surface area contributed by atoms with Crippen LogP contribution in [0.15, 0.2) is 99.2 Å². The molecule has 0 spiro atoms. The van der Waals surface area contributed by atoms with E-state index in [0.29, 0.717) is 20.9 Å². The highest BCUT2D eigenvalue weighted by molar-refractivity contribution is 8.19. The van der Waals surface area contributed by atoms with Gasteiger partial charge in [0, 0.05) is 16.7 Å². The SMILES string of the molecule is C=C(C)C(=O)OCCNC(=O)Oc1cc(C)c(OC(=O)NCCOC(=O)C(=C)C)c2c1SC(C1C(=O)N(CC3=C=C=CC=C3)N(CC3=CC=CCC3)C1=O)S2. The van der Waals surface area contributed by atoms with Gasteiger partial charge in [-0.3, -0.25) is 9.59 Å². The molecular weight excluding hydrogens is 749 g/mol. The van der Waals surface area contributed by atoms with E-state index in [1.165, 1.54) is 29.9 Å². The molecule has 0 aromatic heterocycles. The van der Waals surface area contributed by atoms with Crippen LogP contribution in [0.3, 0.4) is 0 Å². The molecule has 5 rings (SSSR count). The fourth-order valence-electron chi connectivity index (χ4n) is 5.48. The number of carbonyl (C=O) groups excluding carboxylic acids is 6. The van der Waals surface area contributed by atoms with Crippen molar-refractivity contribution in [2.24, 2.45) is 5.92 Å². The van der Waals surface area contributed by atoms with Crippen molar-refractivity contribution in [1.29, 1.82) is 0 Å². The summed E-state index contributed by atoms with van der Waals surface area (Å²) in [5.74, 6) is -2.94. The number of carbonyl (C=O) groups is 6. The van der Waals surface area contributed by atoms with E-state index >= 15 is 0 Å². The van der Waals surface area contributed by atoms with Gasteiger partial charge in [-0.25, -0.2) is 29.2 Å². The predicted molar refractivity (Wildman–Crippen MR) is 204 cm³/mol. The van der Waals surface area contributed by atoms with Crippen LogP contribution in [-0.2, 0) is 28.7 Å². The number of hydrazine groups is 1. The Kier molecular flexibility index (Phi) is 13.7. The van der Waals surface area contributed by atoms with E-state index in [2.05, 4.69) is 35.3 Å². The minimum absolute atomic E-state index is 0.0494. The van der Waals surface area contributed by atoms with Crippen LogP contribution in [0.4, 0.5) is 9.59 Å². The summed E-state index contributed by atoms with van der Waals surface area (Å²) in [5.41, 5.74) is 8.41. The number of benzene rings is 1. The van der Waals surface area contributed by atoms with Gasteiger partial charge in [-0.2, -0.15) is 0 Å². The number of thioether (sulfide) groups is 2. The van der Waals surface area contributed by atoms with E-state index in [9.17, 15) is 28.8 Å². The van der Waals surface area contributed by atoms with Crippen LogP contribution in [0.1, 0.15) is 32.3 Å². The molecule has 0 radical (unpaired) electrons. The average Bonchev–Trinajstić information content (AvgIpc) is 3.69. The van der Waals surface area contributed by atoms with Crippen LogP contribution in [0.5, 0.6) is 11.5 Å². The first-order valence-corrected chi connectivity index (χ1v) is 19.0. The number of aryl methyl sites for hydroxylation is 1. The molecule has 55 heavy (non-hydrogen) atoms. The highest BCUT2D eigenvalue weighted by Crippen LogP contribution is 2.59. The second kappa shape index (κ2) is 18.6. The van der Waals surface area contributed by atoms with Gasteiger partial charge < -0.3 is 29.6 Å². The first-order valence-electron chi connectivity index (χ1n) is 17.3. The molecule has 1 saturated heterocycles. The Morgan fingerprint density at radius 3 is 2.09 bits per heavy atom. The molecule has 14 nitrogen and oxygen atoms in total. The summed E-state index contributed by atoms with van der Waals surface area (Å²) in [5, 5.41) is 7.97. The molecule has 2 aliphatic heterocycles. The van der Waals surface area contributed by atoms with E-state index < -0.39 is 46.4 Å². The second-order valence-corrected chi connectivity index (χ2v) is 15.2. The molecule has 2 aliphatic carbocycles. The van der Waals surface area contributed by atoms with Gasteiger partial charge in [0.1, 0.15) is 24.9 Å². The summed E-state index contributed by atoms with van der Waals surface area (Å²) in [6.45, 7) is 11.7. The van der Waals surface area contributed by atoms with E-state index in [1.54, 1.807) is 25.2 Å². The molecule has 2 N–H and O–H groups in total. The number of rotatable bonds is 15. The standard InChI is InChI=1S/C39H40N4O10S2/c1-23(2)35(46)50-18-16-40-38(48)52-28-20-25(5)30(53-39(49)41-17-19-51-36(47)24(3)4)32-31(28)54-37(55-32)29-33(44)42(21-26-12-8-6-9-13-26)43(34(29)45)22-27-14-10-7-11-15-27/h6-8,10,12,14,20,29,37H,1,3,9,13,16-19,21-22H2,2,4-5H3,(H,40,48)(H,41,49). The van der Waals surface area contributed by atoms with E-state index in [0.717, 1.165) is 41.9 Å². The first kappa shape index (κ1) is 40.5. The maximum Gasteiger partial charge on any atom is 0.412 e. The van der Waals surface area contributed by atoms with Crippen LogP contribution in [0.25, 0.3) is 0 Å². The molecule has 0 saturated carbocycles. The molecule has 0 bridgehead atoms. The molecule has 1 fully saturated rings. The number of nitrogens with zero attached hydrogens (tertiary/aromatic N) is 2. The average molecular weight is 789 g/mol. The lowest BCUT2D eigenvalue weighted by molar-refractivity contribution is -0.144. The third-order valence-corrected chi connectivity index (χ3v) is 11.2. The first-order chi connectivity index (χ1) is 26.3. The predicted octanol–water partition coefficient (Wildman–Crippen LogP) is 5.22. The Hall–Kier alpha value is -5.66. The van der Waals surface area contributed by atoms with Crippen molar-refractivity contribution in [2.45, 2.75) is 48.0 Å². The fourth-order valence-corrected chi connectivity index (χ4v) is 8.68. The van der Waals surface area contributed by atoms with Gasteiger partial charge in [0.25, 0.3) is 11.8 Å². The molecule has 4 amide bonds. The Bertz CT molecular complexity index is 2020.